The van der Waals surface area contributed by atoms with Gasteiger partial charge in [0, 0.05) is 6.07 Å². The van der Waals surface area contributed by atoms with Gasteiger partial charge in [0.05, 0.1) is 15.5 Å². The molecule has 0 aliphatic rings. The van der Waals surface area contributed by atoms with Crippen LogP contribution in [0.4, 0.5) is 0 Å². The van der Waals surface area contributed by atoms with Gasteiger partial charge in [-0.15, -0.1) is 0 Å². The minimum absolute atomic E-state index is 0.426. The molecule has 124 valence electrons. The number of benzene rings is 1. The summed E-state index contributed by atoms with van der Waals surface area (Å²) in [6.07, 6.45) is 0. The molecular weight excluding hydrogens is 356 g/mol. The van der Waals surface area contributed by atoms with E-state index in [0.29, 0.717) is 28.9 Å². The highest BCUT2D eigenvalue weighted by Gasteiger charge is 2.20. The van der Waals surface area contributed by atoms with E-state index in [1.54, 1.807) is 0 Å². The number of carboxylic acids is 1. The van der Waals surface area contributed by atoms with E-state index in [-0.39, 0.29) is 0 Å². The van der Waals surface area contributed by atoms with Crippen molar-refractivity contribution in [1.82, 2.24) is 9.78 Å². The van der Waals surface area contributed by atoms with Crippen molar-refractivity contribution in [3.05, 3.63) is 40.3 Å². The summed E-state index contributed by atoms with van der Waals surface area (Å²) in [7, 11) is -9.72. The zero-order valence-corrected chi connectivity index (χ0v) is 12.5. The minimum Gasteiger partial charge on any atom is -0.477 e. The Kier molecular flexibility index (Phi) is 3.90. The van der Waals surface area contributed by atoms with Crippen molar-refractivity contribution in [1.29, 1.82) is 0 Å². The Hall–Kier alpha value is -2.48. The SMILES string of the molecule is O=C(O)c1cc(=O)n(-c2cc(S(=O)(=O)O)cc(S(=O)(=O)O)c2)[nH]1. The summed E-state index contributed by atoms with van der Waals surface area (Å²) < 4.78 is 63.3. The highest BCUT2D eigenvalue weighted by Crippen LogP contribution is 2.20. The van der Waals surface area contributed by atoms with Gasteiger partial charge in [-0.3, -0.25) is 19.0 Å². The minimum atomic E-state index is -4.86. The summed E-state index contributed by atoms with van der Waals surface area (Å²) in [6, 6.07) is 2.58. The molecule has 0 atom stereocenters. The zero-order chi connectivity index (χ0) is 17.6. The van der Waals surface area contributed by atoms with Gasteiger partial charge in [0.2, 0.25) is 0 Å². The number of nitrogens with zero attached hydrogens (tertiary/aromatic N) is 1. The van der Waals surface area contributed by atoms with Gasteiger partial charge in [-0.2, -0.15) is 16.8 Å². The highest BCUT2D eigenvalue weighted by atomic mass is 32.2. The zero-order valence-electron chi connectivity index (χ0n) is 10.9. The number of aromatic carboxylic acids is 1. The van der Waals surface area contributed by atoms with Crippen LogP contribution in [0.5, 0.6) is 0 Å². The number of carbonyl (C=O) groups is 1. The van der Waals surface area contributed by atoms with Crippen molar-refractivity contribution in [3.8, 4) is 5.69 Å². The van der Waals surface area contributed by atoms with Gasteiger partial charge in [0.15, 0.2) is 0 Å². The van der Waals surface area contributed by atoms with Crippen LogP contribution in [0.1, 0.15) is 10.5 Å². The molecule has 0 radical (unpaired) electrons. The van der Waals surface area contributed by atoms with E-state index in [2.05, 4.69) is 5.10 Å². The Labute approximate surface area is 128 Å². The average molecular weight is 364 g/mol. The summed E-state index contributed by atoms with van der Waals surface area (Å²) in [5.74, 6) is -1.48. The summed E-state index contributed by atoms with van der Waals surface area (Å²) in [6.45, 7) is 0. The van der Waals surface area contributed by atoms with Crippen LogP contribution in [0.25, 0.3) is 5.69 Å². The number of hydrogen-bond donors (Lipinski definition) is 4. The molecule has 23 heavy (non-hydrogen) atoms. The second-order valence-corrected chi connectivity index (χ2v) is 7.10. The predicted molar refractivity (Wildman–Crippen MR) is 73.0 cm³/mol. The van der Waals surface area contributed by atoms with Crippen LogP contribution in [-0.2, 0) is 20.2 Å². The third-order valence-electron chi connectivity index (χ3n) is 2.67. The summed E-state index contributed by atoms with van der Waals surface area (Å²) in [5, 5.41) is 10.9. The molecule has 0 saturated heterocycles. The lowest BCUT2D eigenvalue weighted by molar-refractivity contribution is 0.0690. The van der Waals surface area contributed by atoms with Gasteiger partial charge in [-0.25, -0.2) is 9.48 Å². The molecule has 0 saturated carbocycles. The van der Waals surface area contributed by atoms with Crippen molar-refractivity contribution in [2.45, 2.75) is 9.79 Å². The Morgan fingerprint density at radius 3 is 1.78 bits per heavy atom. The number of rotatable bonds is 4. The van der Waals surface area contributed by atoms with E-state index in [0.717, 1.165) is 0 Å². The number of nitrogens with one attached hydrogen (secondary N) is 1. The molecule has 0 spiro atoms. The summed E-state index contributed by atoms with van der Waals surface area (Å²) in [5.41, 5.74) is -1.90. The molecule has 0 aliphatic carbocycles. The van der Waals surface area contributed by atoms with Crippen LogP contribution in [0.15, 0.2) is 38.9 Å². The van der Waals surface area contributed by atoms with Gasteiger partial charge in [-0.05, 0) is 18.2 Å². The van der Waals surface area contributed by atoms with Crippen LogP contribution in [0.3, 0.4) is 0 Å². The van der Waals surface area contributed by atoms with Gasteiger partial charge in [-0.1, -0.05) is 0 Å². The van der Waals surface area contributed by atoms with E-state index < -0.39 is 52.9 Å². The standard InChI is InChI=1S/C10H8N2O9S2/c13-9-4-8(10(14)15)11-12(9)5-1-6(22(16,17)18)3-7(2-5)23(19,20)21/h1-4,11H,(H,14,15)(H,16,17,18)(H,19,20,21). The lowest BCUT2D eigenvalue weighted by Gasteiger charge is -2.07. The number of carboxylic acid groups (broad SMARTS) is 1. The van der Waals surface area contributed by atoms with Crippen LogP contribution in [0, 0.1) is 0 Å². The number of H-pyrrole nitrogens is 1. The van der Waals surface area contributed by atoms with Crippen molar-refractivity contribution in [3.63, 3.8) is 0 Å². The highest BCUT2D eigenvalue weighted by molar-refractivity contribution is 7.86. The lowest BCUT2D eigenvalue weighted by Crippen LogP contribution is -2.15. The van der Waals surface area contributed by atoms with Crippen LogP contribution < -0.4 is 5.56 Å². The fraction of sp³-hybridized carbons (Fsp3) is 0. The Balaban J connectivity index is 2.82. The maximum absolute atomic E-state index is 11.7. The predicted octanol–water partition coefficient (Wildman–Crippen LogP) is -0.643. The van der Waals surface area contributed by atoms with Crippen LogP contribution in [0.2, 0.25) is 0 Å². The van der Waals surface area contributed by atoms with Crippen LogP contribution >= 0.6 is 0 Å². The third-order valence-corrected chi connectivity index (χ3v) is 4.33. The Morgan fingerprint density at radius 2 is 1.43 bits per heavy atom. The molecule has 2 rings (SSSR count). The first-order valence-electron chi connectivity index (χ1n) is 5.55. The topological polar surface area (TPSA) is 184 Å². The maximum Gasteiger partial charge on any atom is 0.353 e. The van der Waals surface area contributed by atoms with Gasteiger partial charge >= 0.3 is 5.97 Å². The average Bonchev–Trinajstić information content (AvgIpc) is 2.78. The molecule has 0 amide bonds. The first kappa shape index (κ1) is 16.9. The van der Waals surface area contributed by atoms with Crippen molar-refractivity contribution in [2.24, 2.45) is 0 Å². The largest absolute Gasteiger partial charge is 0.477 e. The fourth-order valence-corrected chi connectivity index (χ4v) is 2.85. The summed E-state index contributed by atoms with van der Waals surface area (Å²) in [4.78, 5) is 20.7. The molecule has 1 aromatic heterocycles. The van der Waals surface area contributed by atoms with E-state index >= 15 is 0 Å². The monoisotopic (exact) mass is 364 g/mol. The Morgan fingerprint density at radius 1 is 0.957 bits per heavy atom. The first-order chi connectivity index (χ1) is 10.4. The third kappa shape index (κ3) is 3.48. The van der Waals surface area contributed by atoms with Crippen LogP contribution in [-0.4, -0.2) is 46.8 Å². The molecule has 0 bridgehead atoms. The van der Waals surface area contributed by atoms with Crippen molar-refractivity contribution >= 4 is 26.2 Å². The molecule has 13 heteroatoms. The van der Waals surface area contributed by atoms with Crippen molar-refractivity contribution in [2.75, 3.05) is 0 Å². The molecule has 1 aromatic carbocycles. The quantitative estimate of drug-likeness (QED) is 0.512. The molecule has 0 fully saturated rings. The second-order valence-electron chi connectivity index (χ2n) is 4.26. The molecule has 1 heterocycles. The fourth-order valence-electron chi connectivity index (χ4n) is 1.68. The number of aromatic amines is 1. The van der Waals surface area contributed by atoms with Gasteiger partial charge in [0.25, 0.3) is 25.8 Å². The molecule has 11 nitrogen and oxygen atoms in total. The molecule has 4 N–H and O–H groups in total. The molecule has 0 aliphatic heterocycles. The molecule has 0 unspecified atom stereocenters. The number of aromatic nitrogens is 2. The van der Waals surface area contributed by atoms with Crippen molar-refractivity contribution < 1.29 is 35.8 Å². The molecule has 2 aromatic rings. The summed E-state index contributed by atoms with van der Waals surface area (Å²) >= 11 is 0. The van der Waals surface area contributed by atoms with E-state index in [4.69, 9.17) is 14.2 Å². The maximum atomic E-state index is 11.7. The first-order valence-corrected chi connectivity index (χ1v) is 8.43. The lowest BCUT2D eigenvalue weighted by atomic mass is 10.3. The molecular formula is C10H8N2O9S2. The Bertz CT molecular complexity index is 1010. The number of hydrogen-bond acceptors (Lipinski definition) is 6. The van der Waals surface area contributed by atoms with Gasteiger partial charge < -0.3 is 5.11 Å². The van der Waals surface area contributed by atoms with Gasteiger partial charge in [0.1, 0.15) is 5.69 Å². The smallest absolute Gasteiger partial charge is 0.353 e. The second kappa shape index (κ2) is 5.31. The normalized spacial score (nSPS) is 12.3. The van der Waals surface area contributed by atoms with E-state index in [1.807, 2.05) is 0 Å². The van der Waals surface area contributed by atoms with E-state index in [9.17, 15) is 26.4 Å². The van der Waals surface area contributed by atoms with E-state index in [1.165, 1.54) is 0 Å².